The minimum atomic E-state index is -0.745. The van der Waals surface area contributed by atoms with E-state index in [1.165, 1.54) is 0 Å². The summed E-state index contributed by atoms with van der Waals surface area (Å²) in [5, 5.41) is 14.3. The van der Waals surface area contributed by atoms with Crippen LogP contribution in [0.3, 0.4) is 0 Å². The lowest BCUT2D eigenvalue weighted by molar-refractivity contribution is -0.128. The van der Waals surface area contributed by atoms with E-state index >= 15 is 0 Å². The van der Waals surface area contributed by atoms with Gasteiger partial charge in [0, 0.05) is 18.3 Å². The predicted octanol–water partition coefficient (Wildman–Crippen LogP) is 2.04. The van der Waals surface area contributed by atoms with Gasteiger partial charge in [-0.3, -0.25) is 4.79 Å². The molecule has 8 nitrogen and oxygen atoms in total. The van der Waals surface area contributed by atoms with Gasteiger partial charge in [0.25, 0.3) is 5.91 Å². The van der Waals surface area contributed by atoms with Gasteiger partial charge in [-0.2, -0.15) is 0 Å². The molecule has 0 fully saturated rings. The van der Waals surface area contributed by atoms with Crippen LogP contribution in [0.4, 0.5) is 5.69 Å². The number of ether oxygens (including phenoxy) is 2. The summed E-state index contributed by atoms with van der Waals surface area (Å²) in [6.07, 6.45) is -1.15. The number of hydrogen-bond donors (Lipinski definition) is 1. The Morgan fingerprint density at radius 3 is 2.62 bits per heavy atom. The van der Waals surface area contributed by atoms with E-state index in [0.717, 1.165) is 5.56 Å². The number of nitrogens with zero attached hydrogens (tertiary/aromatic N) is 4. The summed E-state index contributed by atoms with van der Waals surface area (Å²) in [6.45, 7) is 1.81. The highest BCUT2D eigenvalue weighted by molar-refractivity contribution is 5.95. The smallest absolute Gasteiger partial charge is 0.269 e. The maximum Gasteiger partial charge on any atom is 0.269 e. The number of rotatable bonds is 3. The number of carbonyl (C=O) groups is 1. The normalized spacial score (nSPS) is 18.4. The van der Waals surface area contributed by atoms with Crippen molar-refractivity contribution in [2.75, 3.05) is 5.32 Å². The second-order valence-corrected chi connectivity index (χ2v) is 6.00. The van der Waals surface area contributed by atoms with Crippen LogP contribution in [0.5, 0.6) is 11.5 Å². The molecule has 2 aromatic carbocycles. The highest BCUT2D eigenvalue weighted by atomic mass is 16.6. The maximum absolute atomic E-state index is 12.7. The Labute approximate surface area is 149 Å². The van der Waals surface area contributed by atoms with E-state index in [1.807, 2.05) is 43.3 Å². The molecule has 1 N–H and O–H groups in total. The summed E-state index contributed by atoms with van der Waals surface area (Å²) in [7, 11) is 1.76. The highest BCUT2D eigenvalue weighted by Crippen LogP contribution is 2.33. The van der Waals surface area contributed by atoms with Gasteiger partial charge in [-0.05, 0) is 41.6 Å². The van der Waals surface area contributed by atoms with Gasteiger partial charge in [-0.15, -0.1) is 5.10 Å². The van der Waals surface area contributed by atoms with E-state index < -0.39 is 12.2 Å². The van der Waals surface area contributed by atoms with Crippen LogP contribution < -0.4 is 14.8 Å². The van der Waals surface area contributed by atoms with Crippen molar-refractivity contribution in [3.8, 4) is 22.9 Å². The zero-order chi connectivity index (χ0) is 18.1. The molecule has 1 aliphatic heterocycles. The zero-order valence-electron chi connectivity index (χ0n) is 14.3. The molecular formula is C18H17N5O3. The second kappa shape index (κ2) is 6.47. The minimum absolute atomic E-state index is 0.278. The maximum atomic E-state index is 12.7. The molecule has 1 amide bonds. The fourth-order valence-corrected chi connectivity index (χ4v) is 2.83. The van der Waals surface area contributed by atoms with E-state index in [2.05, 4.69) is 20.8 Å². The van der Waals surface area contributed by atoms with Crippen molar-refractivity contribution < 1.29 is 14.3 Å². The molecule has 0 aliphatic carbocycles. The molecule has 0 saturated carbocycles. The summed E-state index contributed by atoms with van der Waals surface area (Å²) in [5.74, 6) is 1.53. The standard InChI is InChI=1S/C18H17N5O3/c1-11-16(26-15-9-4-3-8-14(15)25-11)18(24)19-13-7-5-6-12(10-13)17-20-21-22-23(17)2/h3-11,16H,1-2H3,(H,19,24)/t11-,16-/m1/s1. The molecule has 1 aromatic heterocycles. The van der Waals surface area contributed by atoms with Crippen LogP contribution in [-0.2, 0) is 11.8 Å². The van der Waals surface area contributed by atoms with Crippen molar-refractivity contribution >= 4 is 11.6 Å². The molecule has 0 unspecified atom stereocenters. The summed E-state index contributed by atoms with van der Waals surface area (Å²) in [4.78, 5) is 12.7. The fraction of sp³-hybridized carbons (Fsp3) is 0.222. The number of amides is 1. The fourth-order valence-electron chi connectivity index (χ4n) is 2.83. The van der Waals surface area contributed by atoms with Crippen molar-refractivity contribution in [3.05, 3.63) is 48.5 Å². The van der Waals surface area contributed by atoms with Gasteiger partial charge in [-0.25, -0.2) is 4.68 Å². The third-order valence-corrected chi connectivity index (χ3v) is 4.11. The molecule has 1 aliphatic rings. The zero-order valence-corrected chi connectivity index (χ0v) is 14.3. The van der Waals surface area contributed by atoms with E-state index in [4.69, 9.17) is 9.47 Å². The number of carbonyl (C=O) groups excluding carboxylic acids is 1. The average Bonchev–Trinajstić information content (AvgIpc) is 3.07. The summed E-state index contributed by atoms with van der Waals surface area (Å²) in [6, 6.07) is 14.6. The quantitative estimate of drug-likeness (QED) is 0.776. The Kier molecular flexibility index (Phi) is 4.00. The van der Waals surface area contributed by atoms with Gasteiger partial charge in [-0.1, -0.05) is 24.3 Å². The predicted molar refractivity (Wildman–Crippen MR) is 93.8 cm³/mol. The van der Waals surface area contributed by atoms with Crippen LogP contribution >= 0.6 is 0 Å². The third kappa shape index (κ3) is 2.97. The lowest BCUT2D eigenvalue weighted by Gasteiger charge is -2.31. The van der Waals surface area contributed by atoms with Crippen LogP contribution in [0.2, 0.25) is 0 Å². The average molecular weight is 351 g/mol. The van der Waals surface area contributed by atoms with E-state index in [9.17, 15) is 4.79 Å². The Balaban J connectivity index is 1.53. The number of tetrazole rings is 1. The highest BCUT2D eigenvalue weighted by Gasteiger charge is 2.34. The van der Waals surface area contributed by atoms with Crippen LogP contribution in [0.25, 0.3) is 11.4 Å². The molecule has 0 spiro atoms. The summed E-state index contributed by atoms with van der Waals surface area (Å²) < 4.78 is 13.2. The molecule has 2 atom stereocenters. The van der Waals surface area contributed by atoms with Crippen LogP contribution in [-0.4, -0.2) is 38.3 Å². The number of benzene rings is 2. The van der Waals surface area contributed by atoms with Gasteiger partial charge < -0.3 is 14.8 Å². The Morgan fingerprint density at radius 1 is 1.12 bits per heavy atom. The van der Waals surface area contributed by atoms with Gasteiger partial charge in [0.2, 0.25) is 6.10 Å². The Hall–Kier alpha value is -3.42. The minimum Gasteiger partial charge on any atom is -0.482 e. The molecule has 3 aromatic rings. The van der Waals surface area contributed by atoms with Crippen molar-refractivity contribution in [2.45, 2.75) is 19.1 Å². The monoisotopic (exact) mass is 351 g/mol. The molecule has 4 rings (SSSR count). The first-order valence-electron chi connectivity index (χ1n) is 8.18. The molecule has 0 saturated heterocycles. The molecular weight excluding hydrogens is 334 g/mol. The molecule has 26 heavy (non-hydrogen) atoms. The van der Waals surface area contributed by atoms with Crippen molar-refractivity contribution in [2.24, 2.45) is 7.05 Å². The summed E-state index contributed by atoms with van der Waals surface area (Å²) in [5.41, 5.74) is 1.43. The molecule has 2 heterocycles. The first-order valence-corrected chi connectivity index (χ1v) is 8.18. The van der Waals surface area contributed by atoms with Gasteiger partial charge in [0.05, 0.1) is 0 Å². The van der Waals surface area contributed by atoms with Gasteiger partial charge >= 0.3 is 0 Å². The van der Waals surface area contributed by atoms with Crippen LogP contribution in [0.1, 0.15) is 6.92 Å². The van der Waals surface area contributed by atoms with E-state index in [0.29, 0.717) is 23.0 Å². The van der Waals surface area contributed by atoms with Gasteiger partial charge in [0.1, 0.15) is 6.10 Å². The first kappa shape index (κ1) is 16.1. The number of hydrogen-bond acceptors (Lipinski definition) is 6. The number of aryl methyl sites for hydroxylation is 1. The van der Waals surface area contributed by atoms with Crippen molar-refractivity contribution in [1.29, 1.82) is 0 Å². The van der Waals surface area contributed by atoms with E-state index in [1.54, 1.807) is 23.9 Å². The SMILES string of the molecule is C[C@H]1Oc2ccccc2O[C@H]1C(=O)Nc1cccc(-c2nnnn2C)c1. The lowest BCUT2D eigenvalue weighted by atomic mass is 10.1. The molecule has 0 radical (unpaired) electrons. The van der Waals surface area contributed by atoms with Crippen LogP contribution in [0, 0.1) is 0 Å². The number of aromatic nitrogens is 4. The first-order chi connectivity index (χ1) is 12.6. The van der Waals surface area contributed by atoms with Crippen molar-refractivity contribution in [3.63, 3.8) is 0 Å². The molecule has 0 bridgehead atoms. The number of para-hydroxylation sites is 2. The second-order valence-electron chi connectivity index (χ2n) is 6.00. The Bertz CT molecular complexity index is 955. The third-order valence-electron chi connectivity index (χ3n) is 4.11. The topological polar surface area (TPSA) is 91.2 Å². The van der Waals surface area contributed by atoms with Gasteiger partial charge in [0.15, 0.2) is 17.3 Å². The number of anilines is 1. The molecule has 8 heteroatoms. The van der Waals surface area contributed by atoms with Crippen LogP contribution in [0.15, 0.2) is 48.5 Å². The van der Waals surface area contributed by atoms with E-state index in [-0.39, 0.29) is 5.91 Å². The molecule has 132 valence electrons. The summed E-state index contributed by atoms with van der Waals surface area (Å²) >= 11 is 0. The lowest BCUT2D eigenvalue weighted by Crippen LogP contribution is -2.46. The Morgan fingerprint density at radius 2 is 1.88 bits per heavy atom. The largest absolute Gasteiger partial charge is 0.482 e. The van der Waals surface area contributed by atoms with Crippen molar-refractivity contribution in [1.82, 2.24) is 20.2 Å². The number of nitrogens with one attached hydrogen (secondary N) is 1. The number of fused-ring (bicyclic) bond motifs is 1.